The molecule has 0 saturated carbocycles. The number of hydrogen-bond acceptors (Lipinski definition) is 3. The van der Waals surface area contributed by atoms with E-state index in [4.69, 9.17) is 4.74 Å². The number of rotatable bonds is 2. The van der Waals surface area contributed by atoms with Gasteiger partial charge in [0.15, 0.2) is 0 Å². The van der Waals surface area contributed by atoms with Crippen LogP contribution in [0.1, 0.15) is 58.6 Å². The summed E-state index contributed by atoms with van der Waals surface area (Å²) in [5, 5.41) is 0. The summed E-state index contributed by atoms with van der Waals surface area (Å²) in [6, 6.07) is 10.1. The van der Waals surface area contributed by atoms with Crippen molar-refractivity contribution in [2.45, 2.75) is 64.1 Å². The smallest absolute Gasteiger partial charge is 0.411 e. The van der Waals surface area contributed by atoms with Crippen molar-refractivity contribution < 1.29 is 14.3 Å². The minimum Gasteiger partial charge on any atom is -0.444 e. The summed E-state index contributed by atoms with van der Waals surface area (Å²) in [6.07, 6.45) is 1.89. The number of hydrogen-bond donors (Lipinski definition) is 0. The zero-order valence-electron chi connectivity index (χ0n) is 15.6. The van der Waals surface area contributed by atoms with E-state index in [0.29, 0.717) is 19.5 Å². The van der Waals surface area contributed by atoms with E-state index >= 15 is 0 Å². The summed E-state index contributed by atoms with van der Waals surface area (Å²) in [5.74, 6) is 0.0622. The lowest BCUT2D eigenvalue weighted by atomic mass is 9.94. The first kappa shape index (κ1) is 17.8. The molecule has 1 spiro atoms. The van der Waals surface area contributed by atoms with Crippen LogP contribution in [-0.4, -0.2) is 46.0 Å². The number of amides is 2. The highest BCUT2D eigenvalue weighted by molar-refractivity contribution is 5.92. The molecule has 2 saturated heterocycles. The van der Waals surface area contributed by atoms with E-state index in [-0.39, 0.29) is 18.0 Å². The molecular formula is C20H28N2O3. The van der Waals surface area contributed by atoms with Gasteiger partial charge < -0.3 is 9.64 Å². The van der Waals surface area contributed by atoms with Gasteiger partial charge in [-0.05, 0) is 52.5 Å². The lowest BCUT2D eigenvalue weighted by molar-refractivity contribution is -0.138. The molecule has 0 N–H and O–H groups in total. The van der Waals surface area contributed by atoms with Crippen molar-refractivity contribution in [3.05, 3.63) is 35.9 Å². The molecule has 1 aromatic carbocycles. The van der Waals surface area contributed by atoms with E-state index in [0.717, 1.165) is 18.4 Å². The van der Waals surface area contributed by atoms with Gasteiger partial charge in [-0.2, -0.15) is 0 Å². The number of benzene rings is 1. The summed E-state index contributed by atoms with van der Waals surface area (Å²) in [7, 11) is 0. The molecule has 2 fully saturated rings. The van der Waals surface area contributed by atoms with Crippen LogP contribution in [0.2, 0.25) is 0 Å². The predicted molar refractivity (Wildman–Crippen MR) is 96.1 cm³/mol. The molecule has 2 amide bonds. The predicted octanol–water partition coefficient (Wildman–Crippen LogP) is 3.75. The van der Waals surface area contributed by atoms with Crippen molar-refractivity contribution in [3.63, 3.8) is 0 Å². The average Bonchev–Trinajstić information content (AvgIpc) is 3.12. The van der Waals surface area contributed by atoms with E-state index in [9.17, 15) is 9.59 Å². The molecule has 2 aliphatic heterocycles. The van der Waals surface area contributed by atoms with E-state index in [2.05, 4.69) is 6.92 Å². The average molecular weight is 344 g/mol. The van der Waals surface area contributed by atoms with Crippen LogP contribution >= 0.6 is 0 Å². The molecule has 1 aromatic rings. The fraction of sp³-hybridized carbons (Fsp3) is 0.600. The molecule has 0 aliphatic carbocycles. The van der Waals surface area contributed by atoms with Crippen molar-refractivity contribution in [2.24, 2.45) is 0 Å². The second-order valence-corrected chi connectivity index (χ2v) is 8.10. The number of likely N-dealkylation sites (tertiary alicyclic amines) is 2. The molecule has 25 heavy (non-hydrogen) atoms. The minimum absolute atomic E-state index is 0.00848. The second-order valence-electron chi connectivity index (χ2n) is 8.10. The van der Waals surface area contributed by atoms with Crippen LogP contribution in [0.25, 0.3) is 0 Å². The van der Waals surface area contributed by atoms with Gasteiger partial charge in [0, 0.05) is 13.1 Å². The SMILES string of the molecule is C[C@@H](c1ccccc1)N1CC[C@]2(CCCN2C(=O)OC(C)(C)C)C1=O. The molecule has 5 nitrogen and oxygen atoms in total. The number of ether oxygens (including phenoxy) is 1. The minimum atomic E-state index is -0.717. The Morgan fingerprint density at radius 1 is 1.16 bits per heavy atom. The first-order valence-corrected chi connectivity index (χ1v) is 9.11. The summed E-state index contributed by atoms with van der Waals surface area (Å²) < 4.78 is 5.55. The van der Waals surface area contributed by atoms with Crippen LogP contribution in [0.15, 0.2) is 30.3 Å². The van der Waals surface area contributed by atoms with Gasteiger partial charge >= 0.3 is 6.09 Å². The van der Waals surface area contributed by atoms with E-state index < -0.39 is 11.1 Å². The van der Waals surface area contributed by atoms with Crippen molar-refractivity contribution in [1.29, 1.82) is 0 Å². The second kappa shape index (κ2) is 6.36. The van der Waals surface area contributed by atoms with Gasteiger partial charge in [-0.1, -0.05) is 30.3 Å². The highest BCUT2D eigenvalue weighted by Gasteiger charge is 2.56. The Balaban J connectivity index is 1.80. The van der Waals surface area contributed by atoms with Crippen LogP contribution in [0.5, 0.6) is 0 Å². The summed E-state index contributed by atoms with van der Waals surface area (Å²) in [5.41, 5.74) is -0.153. The summed E-state index contributed by atoms with van der Waals surface area (Å²) >= 11 is 0. The third kappa shape index (κ3) is 3.24. The van der Waals surface area contributed by atoms with Crippen molar-refractivity contribution >= 4 is 12.0 Å². The molecule has 0 bridgehead atoms. The number of nitrogens with zero attached hydrogens (tertiary/aromatic N) is 2. The van der Waals surface area contributed by atoms with Gasteiger partial charge in [0.05, 0.1) is 6.04 Å². The lowest BCUT2D eigenvalue weighted by Crippen LogP contribution is -2.54. The number of carbonyl (C=O) groups excluding carboxylic acids is 2. The molecule has 0 unspecified atom stereocenters. The first-order valence-electron chi connectivity index (χ1n) is 9.11. The van der Waals surface area contributed by atoms with Gasteiger partial charge in [-0.15, -0.1) is 0 Å². The molecule has 2 aliphatic rings. The van der Waals surface area contributed by atoms with Crippen molar-refractivity contribution in [2.75, 3.05) is 13.1 Å². The Bertz CT molecular complexity index is 653. The van der Waals surface area contributed by atoms with Crippen LogP contribution < -0.4 is 0 Å². The molecular weight excluding hydrogens is 316 g/mol. The summed E-state index contributed by atoms with van der Waals surface area (Å²) in [6.45, 7) is 8.89. The van der Waals surface area contributed by atoms with E-state index in [1.54, 1.807) is 4.90 Å². The highest BCUT2D eigenvalue weighted by Crippen LogP contribution is 2.42. The maximum absolute atomic E-state index is 13.3. The third-order valence-electron chi connectivity index (χ3n) is 5.28. The molecule has 0 radical (unpaired) electrons. The largest absolute Gasteiger partial charge is 0.444 e. The van der Waals surface area contributed by atoms with Crippen LogP contribution in [0, 0.1) is 0 Å². The van der Waals surface area contributed by atoms with Gasteiger partial charge in [-0.3, -0.25) is 9.69 Å². The molecule has 2 atom stereocenters. The van der Waals surface area contributed by atoms with Gasteiger partial charge in [0.1, 0.15) is 11.1 Å². The zero-order valence-corrected chi connectivity index (χ0v) is 15.6. The maximum Gasteiger partial charge on any atom is 0.411 e. The molecule has 136 valence electrons. The van der Waals surface area contributed by atoms with E-state index in [1.165, 1.54) is 0 Å². The zero-order chi connectivity index (χ0) is 18.2. The molecule has 3 rings (SSSR count). The van der Waals surface area contributed by atoms with Crippen LogP contribution in [-0.2, 0) is 9.53 Å². The molecule has 5 heteroatoms. The fourth-order valence-electron chi connectivity index (χ4n) is 4.01. The molecule has 2 heterocycles. The van der Waals surface area contributed by atoms with Gasteiger partial charge in [-0.25, -0.2) is 4.79 Å². The Morgan fingerprint density at radius 2 is 1.84 bits per heavy atom. The van der Waals surface area contributed by atoms with E-state index in [1.807, 2.05) is 56.0 Å². The van der Waals surface area contributed by atoms with Crippen LogP contribution in [0.4, 0.5) is 4.79 Å². The van der Waals surface area contributed by atoms with Crippen molar-refractivity contribution in [3.8, 4) is 0 Å². The lowest BCUT2D eigenvalue weighted by Gasteiger charge is -2.35. The van der Waals surface area contributed by atoms with Gasteiger partial charge in [0.25, 0.3) is 0 Å². The quantitative estimate of drug-likeness (QED) is 0.821. The monoisotopic (exact) mass is 344 g/mol. The Kier molecular flexibility index (Phi) is 4.52. The normalized spacial score (nSPS) is 24.9. The standard InChI is InChI=1S/C20H28N2O3/c1-15(16-9-6-5-7-10-16)21-14-12-20(17(21)23)11-8-13-22(20)18(24)25-19(2,3)4/h5-7,9-10,15H,8,11-14H2,1-4H3/t15-,20+/m0/s1. The fourth-order valence-corrected chi connectivity index (χ4v) is 4.01. The third-order valence-corrected chi connectivity index (χ3v) is 5.28. The van der Waals surface area contributed by atoms with Gasteiger partial charge in [0.2, 0.25) is 5.91 Å². The number of carbonyl (C=O) groups is 2. The maximum atomic E-state index is 13.3. The Labute approximate surface area is 149 Å². The Hall–Kier alpha value is -2.04. The molecule has 0 aromatic heterocycles. The first-order chi connectivity index (χ1) is 11.7. The highest BCUT2D eigenvalue weighted by atomic mass is 16.6. The summed E-state index contributed by atoms with van der Waals surface area (Å²) in [4.78, 5) is 29.5. The van der Waals surface area contributed by atoms with Crippen LogP contribution in [0.3, 0.4) is 0 Å². The van der Waals surface area contributed by atoms with Crippen molar-refractivity contribution in [1.82, 2.24) is 9.80 Å². The topological polar surface area (TPSA) is 49.9 Å². The Morgan fingerprint density at radius 3 is 2.48 bits per heavy atom.